The second-order valence-corrected chi connectivity index (χ2v) is 5.67. The predicted molar refractivity (Wildman–Crippen MR) is 86.0 cm³/mol. The Labute approximate surface area is 143 Å². The van der Waals surface area contributed by atoms with E-state index in [2.05, 4.69) is 62.7 Å². The first-order chi connectivity index (χ1) is 9.69. The topological polar surface area (TPSA) is 17.8 Å². The number of hydrogen-bond acceptors (Lipinski definition) is 1. The summed E-state index contributed by atoms with van der Waals surface area (Å²) in [6.45, 7) is 8.90. The normalized spacial score (nSPS) is 10.7. The Morgan fingerprint density at radius 1 is 1.00 bits per heavy atom. The van der Waals surface area contributed by atoms with E-state index in [4.69, 9.17) is 5.10 Å². The molecule has 0 aliphatic rings. The summed E-state index contributed by atoms with van der Waals surface area (Å²) in [7, 11) is 0. The van der Waals surface area contributed by atoms with Crippen molar-refractivity contribution in [1.82, 2.24) is 9.78 Å². The van der Waals surface area contributed by atoms with Gasteiger partial charge < -0.3 is 0 Å². The Kier molecular flexibility index (Phi) is 7.38. The molecular formula is C18H26N2Pt. The van der Waals surface area contributed by atoms with Crippen LogP contribution in [0.1, 0.15) is 58.0 Å². The first kappa shape index (κ1) is 18.2. The van der Waals surface area contributed by atoms with Crippen LogP contribution >= 0.6 is 0 Å². The molecule has 0 N–H and O–H groups in total. The van der Waals surface area contributed by atoms with Gasteiger partial charge in [0, 0.05) is 38.4 Å². The molecule has 0 atom stereocenters. The molecule has 0 saturated carbocycles. The molecule has 0 bridgehead atoms. The molecule has 1 heterocycles. The average molecular weight is 465 g/mol. The van der Waals surface area contributed by atoms with Crippen LogP contribution in [0.4, 0.5) is 0 Å². The summed E-state index contributed by atoms with van der Waals surface area (Å²) in [4.78, 5) is 0. The molecule has 118 valence electrons. The van der Waals surface area contributed by atoms with E-state index in [-0.39, 0.29) is 21.1 Å². The van der Waals surface area contributed by atoms with Crippen molar-refractivity contribution >= 4 is 0 Å². The first-order valence-electron chi connectivity index (χ1n) is 7.84. The summed E-state index contributed by atoms with van der Waals surface area (Å²) >= 11 is 0. The fraction of sp³-hybridized carbons (Fsp3) is 0.500. The Hall–Kier alpha value is -0.882. The maximum Gasteiger partial charge on any atom is 0.0705 e. The van der Waals surface area contributed by atoms with Gasteiger partial charge in [-0.1, -0.05) is 57.0 Å². The minimum atomic E-state index is 0. The van der Waals surface area contributed by atoms with Crippen LogP contribution in [0.5, 0.6) is 0 Å². The van der Waals surface area contributed by atoms with E-state index in [1.807, 2.05) is 0 Å². The fourth-order valence-corrected chi connectivity index (χ4v) is 2.77. The van der Waals surface area contributed by atoms with Crippen molar-refractivity contribution < 1.29 is 21.1 Å². The van der Waals surface area contributed by atoms with Crippen molar-refractivity contribution in [2.75, 3.05) is 0 Å². The number of nitrogens with zero attached hydrogens (tertiary/aromatic N) is 2. The Morgan fingerprint density at radius 2 is 1.62 bits per heavy atom. The average Bonchev–Trinajstić information content (AvgIpc) is 2.79. The molecule has 3 heteroatoms. The second-order valence-electron chi connectivity index (χ2n) is 5.67. The van der Waals surface area contributed by atoms with E-state index in [0.29, 0.717) is 6.04 Å². The van der Waals surface area contributed by atoms with Crippen molar-refractivity contribution in [2.24, 2.45) is 0 Å². The minimum absolute atomic E-state index is 0. The van der Waals surface area contributed by atoms with Crippen molar-refractivity contribution in [1.29, 1.82) is 0 Å². The molecule has 0 unspecified atom stereocenters. The standard InChI is InChI=1S/C18H26N2.Pt/c1-5-10-16-18(15-12-8-7-9-13-15)17(11-6-2)20(19-16)14(3)4;/h7-9,12-14H,5-6,10-11H2,1-4H3;. The molecule has 0 aliphatic carbocycles. The number of aryl methyl sites for hydroxylation is 1. The van der Waals surface area contributed by atoms with Gasteiger partial charge in [-0.3, -0.25) is 4.68 Å². The van der Waals surface area contributed by atoms with Gasteiger partial charge >= 0.3 is 0 Å². The van der Waals surface area contributed by atoms with Crippen LogP contribution in [0.15, 0.2) is 30.3 Å². The van der Waals surface area contributed by atoms with Gasteiger partial charge in [0.05, 0.1) is 5.69 Å². The first-order valence-corrected chi connectivity index (χ1v) is 7.84. The quantitative estimate of drug-likeness (QED) is 0.585. The maximum atomic E-state index is 4.91. The van der Waals surface area contributed by atoms with Gasteiger partial charge in [-0.05, 0) is 32.3 Å². The number of hydrogen-bond donors (Lipinski definition) is 0. The molecule has 0 saturated heterocycles. The van der Waals surface area contributed by atoms with Crippen molar-refractivity contribution in [3.8, 4) is 11.1 Å². The molecular weight excluding hydrogens is 439 g/mol. The van der Waals surface area contributed by atoms with Crippen LogP contribution in [0, 0.1) is 0 Å². The van der Waals surface area contributed by atoms with Gasteiger partial charge in [-0.15, -0.1) is 0 Å². The molecule has 0 spiro atoms. The van der Waals surface area contributed by atoms with Gasteiger partial charge in [-0.25, -0.2) is 0 Å². The molecule has 1 aromatic carbocycles. The van der Waals surface area contributed by atoms with Gasteiger partial charge in [0.2, 0.25) is 0 Å². The van der Waals surface area contributed by atoms with Crippen LogP contribution in [-0.2, 0) is 33.9 Å². The maximum absolute atomic E-state index is 4.91. The van der Waals surface area contributed by atoms with E-state index >= 15 is 0 Å². The molecule has 0 aliphatic heterocycles. The molecule has 1 aromatic heterocycles. The van der Waals surface area contributed by atoms with Crippen LogP contribution in [0.25, 0.3) is 11.1 Å². The summed E-state index contributed by atoms with van der Waals surface area (Å²) in [6.07, 6.45) is 4.45. The van der Waals surface area contributed by atoms with E-state index in [1.54, 1.807) is 0 Å². The van der Waals surface area contributed by atoms with E-state index in [1.165, 1.54) is 22.5 Å². The molecule has 0 amide bonds. The van der Waals surface area contributed by atoms with Gasteiger partial charge in [0.25, 0.3) is 0 Å². The molecule has 21 heavy (non-hydrogen) atoms. The van der Waals surface area contributed by atoms with E-state index in [9.17, 15) is 0 Å². The van der Waals surface area contributed by atoms with Crippen molar-refractivity contribution in [3.63, 3.8) is 0 Å². The number of benzene rings is 1. The zero-order chi connectivity index (χ0) is 14.5. The molecule has 2 rings (SSSR count). The smallest absolute Gasteiger partial charge is 0.0705 e. The molecule has 2 aromatic rings. The van der Waals surface area contributed by atoms with Gasteiger partial charge in [-0.2, -0.15) is 5.10 Å². The zero-order valence-electron chi connectivity index (χ0n) is 13.5. The van der Waals surface area contributed by atoms with E-state index in [0.717, 1.165) is 25.7 Å². The van der Waals surface area contributed by atoms with Crippen molar-refractivity contribution in [2.45, 2.75) is 59.4 Å². The third-order valence-electron chi connectivity index (χ3n) is 3.61. The molecule has 0 radical (unpaired) electrons. The number of aromatic nitrogens is 2. The molecule has 0 fully saturated rings. The largest absolute Gasteiger partial charge is 0.266 e. The van der Waals surface area contributed by atoms with Gasteiger partial charge in [0.15, 0.2) is 0 Å². The Balaban J connectivity index is 0.00000220. The summed E-state index contributed by atoms with van der Waals surface area (Å²) in [5, 5.41) is 4.91. The summed E-state index contributed by atoms with van der Waals surface area (Å²) < 4.78 is 2.23. The van der Waals surface area contributed by atoms with Crippen LogP contribution in [-0.4, -0.2) is 9.78 Å². The zero-order valence-corrected chi connectivity index (χ0v) is 15.8. The predicted octanol–water partition coefficient (Wildman–Crippen LogP) is 5.03. The summed E-state index contributed by atoms with van der Waals surface area (Å²) in [5.74, 6) is 0. The van der Waals surface area contributed by atoms with Crippen LogP contribution in [0.3, 0.4) is 0 Å². The monoisotopic (exact) mass is 465 g/mol. The van der Waals surface area contributed by atoms with Crippen molar-refractivity contribution in [3.05, 3.63) is 41.7 Å². The SMILES string of the molecule is CCCc1nn(C(C)C)c(CCC)c1-c1ccccc1.[Pt]. The Morgan fingerprint density at radius 3 is 2.14 bits per heavy atom. The van der Waals surface area contributed by atoms with Crippen LogP contribution in [0.2, 0.25) is 0 Å². The number of rotatable bonds is 6. The minimum Gasteiger partial charge on any atom is -0.266 e. The van der Waals surface area contributed by atoms with Crippen LogP contribution < -0.4 is 0 Å². The fourth-order valence-electron chi connectivity index (χ4n) is 2.77. The molecule has 2 nitrogen and oxygen atoms in total. The second kappa shape index (κ2) is 8.53. The third kappa shape index (κ3) is 4.07. The Bertz CT molecular complexity index is 544. The third-order valence-corrected chi connectivity index (χ3v) is 3.61. The summed E-state index contributed by atoms with van der Waals surface area (Å²) in [6, 6.07) is 11.2. The summed E-state index contributed by atoms with van der Waals surface area (Å²) in [5.41, 5.74) is 5.35. The van der Waals surface area contributed by atoms with E-state index < -0.39 is 0 Å². The van der Waals surface area contributed by atoms with Gasteiger partial charge in [0.1, 0.15) is 0 Å².